The third-order valence-electron chi connectivity index (χ3n) is 4.68. The summed E-state index contributed by atoms with van der Waals surface area (Å²) >= 11 is 6.11. The van der Waals surface area contributed by atoms with E-state index in [1.54, 1.807) is 13.2 Å². The summed E-state index contributed by atoms with van der Waals surface area (Å²) in [5, 5.41) is 0.666. The van der Waals surface area contributed by atoms with Crippen molar-refractivity contribution in [3.05, 3.63) is 70.3 Å². The third kappa shape index (κ3) is 5.85. The second-order valence-electron chi connectivity index (χ2n) is 6.87. The molecule has 1 atom stereocenters. The highest BCUT2D eigenvalue weighted by molar-refractivity contribution is 6.30. The number of hydrogen-bond acceptors (Lipinski definition) is 3. The second-order valence-corrected chi connectivity index (χ2v) is 7.30. The molecule has 2 N–H and O–H groups in total. The van der Waals surface area contributed by atoms with E-state index in [-0.39, 0.29) is 6.04 Å². The van der Waals surface area contributed by atoms with Crippen LogP contribution in [-0.4, -0.2) is 31.6 Å². The molecule has 28 heavy (non-hydrogen) atoms. The molecule has 1 heterocycles. The first-order valence-electron chi connectivity index (χ1n) is 9.52. The Labute approximate surface area is 172 Å². The molecule has 2 aromatic rings. The summed E-state index contributed by atoms with van der Waals surface area (Å²) in [4.78, 5) is 13.2. The Hall–Kier alpha value is -2.30. The monoisotopic (exact) mass is 400 g/mol. The zero-order valence-corrected chi connectivity index (χ0v) is 17.6. The number of hydrogen-bond donors (Lipinski definition) is 1. The lowest BCUT2D eigenvalue weighted by Gasteiger charge is -2.32. The predicted molar refractivity (Wildman–Crippen MR) is 117 cm³/mol. The van der Waals surface area contributed by atoms with Crippen molar-refractivity contribution in [3.8, 4) is 0 Å². The summed E-state index contributed by atoms with van der Waals surface area (Å²) in [5.74, 6) is 0. The van der Waals surface area contributed by atoms with Crippen molar-refractivity contribution < 1.29 is 9.53 Å². The topological polar surface area (TPSA) is 55.6 Å². The van der Waals surface area contributed by atoms with Gasteiger partial charge < -0.3 is 15.4 Å². The molecule has 4 nitrogen and oxygen atoms in total. The van der Waals surface area contributed by atoms with Crippen LogP contribution < -0.4 is 5.73 Å². The van der Waals surface area contributed by atoms with Gasteiger partial charge in [0.2, 0.25) is 6.41 Å². The molecule has 0 spiro atoms. The molecule has 0 bridgehead atoms. The predicted octanol–water partition coefficient (Wildman–Crippen LogP) is 5.26. The molecular weight excluding hydrogens is 372 g/mol. The Morgan fingerprint density at radius 2 is 1.96 bits per heavy atom. The van der Waals surface area contributed by atoms with Crippen molar-refractivity contribution in [1.82, 2.24) is 4.90 Å². The lowest BCUT2D eigenvalue weighted by atomic mass is 9.91. The number of amides is 1. The average Bonchev–Trinajstić information content (AvgIpc) is 2.71. The maximum atomic E-state index is 11.4. The van der Waals surface area contributed by atoms with Crippen molar-refractivity contribution in [2.75, 3.05) is 26.0 Å². The van der Waals surface area contributed by atoms with Gasteiger partial charge in [-0.25, -0.2) is 0 Å². The van der Waals surface area contributed by atoms with E-state index in [4.69, 9.17) is 22.1 Å². The van der Waals surface area contributed by atoms with Gasteiger partial charge >= 0.3 is 0 Å². The number of carbonyl (C=O) groups is 1. The van der Waals surface area contributed by atoms with Crippen LogP contribution in [0.25, 0.3) is 5.57 Å². The molecule has 1 amide bonds. The molecule has 0 aliphatic carbocycles. The van der Waals surface area contributed by atoms with Crippen LogP contribution in [0.3, 0.4) is 0 Å². The van der Waals surface area contributed by atoms with Crippen molar-refractivity contribution >= 4 is 29.3 Å². The van der Waals surface area contributed by atoms with Crippen molar-refractivity contribution in [3.63, 3.8) is 0 Å². The van der Waals surface area contributed by atoms with Gasteiger partial charge in [0.1, 0.15) is 0 Å². The lowest BCUT2D eigenvalue weighted by molar-refractivity contribution is -0.119. The van der Waals surface area contributed by atoms with Gasteiger partial charge in [-0.3, -0.25) is 4.79 Å². The second kappa shape index (κ2) is 10.9. The van der Waals surface area contributed by atoms with Crippen LogP contribution in [0.5, 0.6) is 0 Å². The molecule has 3 rings (SSSR count). The van der Waals surface area contributed by atoms with Crippen molar-refractivity contribution in [2.24, 2.45) is 0 Å². The van der Waals surface area contributed by atoms with Crippen LogP contribution in [0.1, 0.15) is 42.5 Å². The molecule has 0 saturated carbocycles. The molecule has 1 unspecified atom stereocenters. The number of nitrogens with two attached hydrogens (primary N) is 1. The molecule has 1 aliphatic heterocycles. The van der Waals surface area contributed by atoms with E-state index in [1.165, 1.54) is 5.56 Å². The largest absolute Gasteiger partial charge is 0.398 e. The highest BCUT2D eigenvalue weighted by Crippen LogP contribution is 2.35. The van der Waals surface area contributed by atoms with Crippen molar-refractivity contribution in [2.45, 2.75) is 32.7 Å². The Bertz CT molecular complexity index is 801. The first kappa shape index (κ1) is 22.0. The van der Waals surface area contributed by atoms with Crippen LogP contribution in [0.2, 0.25) is 5.02 Å². The van der Waals surface area contributed by atoms with Gasteiger partial charge in [-0.15, -0.1) is 0 Å². The number of methoxy groups -OCH3 is 1. The summed E-state index contributed by atoms with van der Waals surface area (Å²) in [6, 6.07) is 13.7. The molecule has 0 saturated heterocycles. The number of nitrogens with zero attached hydrogens (tertiary/aromatic N) is 1. The zero-order valence-electron chi connectivity index (χ0n) is 16.8. The summed E-state index contributed by atoms with van der Waals surface area (Å²) in [6.45, 7) is 5.69. The molecule has 1 aliphatic rings. The summed E-state index contributed by atoms with van der Waals surface area (Å²) in [5.41, 5.74) is 11.2. The first-order valence-corrected chi connectivity index (χ1v) is 9.90. The number of anilines is 1. The summed E-state index contributed by atoms with van der Waals surface area (Å²) < 4.78 is 4.69. The Morgan fingerprint density at radius 1 is 1.25 bits per heavy atom. The van der Waals surface area contributed by atoms with Crippen LogP contribution in [0.4, 0.5) is 5.69 Å². The smallest absolute Gasteiger partial charge is 0.210 e. The fourth-order valence-corrected chi connectivity index (χ4v) is 3.34. The number of carbonyl (C=O) groups excluding carboxylic acids is 1. The molecule has 5 heteroatoms. The Kier molecular flexibility index (Phi) is 8.55. The van der Waals surface area contributed by atoms with Crippen LogP contribution in [0.15, 0.2) is 48.5 Å². The van der Waals surface area contributed by atoms with Crippen LogP contribution in [-0.2, 0) is 9.53 Å². The molecule has 150 valence electrons. The fraction of sp³-hybridized carbons (Fsp3) is 0.348. The first-order chi connectivity index (χ1) is 13.5. The molecule has 2 aromatic carbocycles. The normalized spacial score (nSPS) is 16.1. The van der Waals surface area contributed by atoms with E-state index in [2.05, 4.69) is 44.2 Å². The van der Waals surface area contributed by atoms with E-state index in [1.807, 2.05) is 17.0 Å². The SMILES string of the molecule is CCCOC.Cc1ccc(C2C=C(c3cc(Cl)ccc3N)CCN2C=O)cc1. The quantitative estimate of drug-likeness (QED) is 0.550. The van der Waals surface area contributed by atoms with Crippen LogP contribution >= 0.6 is 11.6 Å². The Balaban J connectivity index is 0.000000500. The molecular formula is C23H29ClN2O2. The number of halogens is 1. The van der Waals surface area contributed by atoms with Gasteiger partial charge in [-0.2, -0.15) is 0 Å². The number of nitrogen functional groups attached to an aromatic ring is 1. The minimum atomic E-state index is -0.0739. The lowest BCUT2D eigenvalue weighted by Crippen LogP contribution is -2.30. The maximum absolute atomic E-state index is 11.4. The van der Waals surface area contributed by atoms with Gasteiger partial charge in [-0.1, -0.05) is 54.4 Å². The number of ether oxygens (including phenoxy) is 1. The molecule has 0 fully saturated rings. The zero-order chi connectivity index (χ0) is 20.5. The van der Waals surface area contributed by atoms with E-state index in [9.17, 15) is 4.79 Å². The molecule has 0 radical (unpaired) electrons. The number of aryl methyl sites for hydroxylation is 1. The van der Waals surface area contributed by atoms with Gasteiger partial charge in [0.25, 0.3) is 0 Å². The van der Waals surface area contributed by atoms with Gasteiger partial charge in [-0.05, 0) is 49.1 Å². The molecule has 0 aromatic heterocycles. The average molecular weight is 401 g/mol. The van der Waals surface area contributed by atoms with Gasteiger partial charge in [0, 0.05) is 36.5 Å². The minimum absolute atomic E-state index is 0.0739. The van der Waals surface area contributed by atoms with Crippen molar-refractivity contribution in [1.29, 1.82) is 0 Å². The fourth-order valence-electron chi connectivity index (χ4n) is 3.16. The van der Waals surface area contributed by atoms with Gasteiger partial charge in [0.05, 0.1) is 6.04 Å². The van der Waals surface area contributed by atoms with E-state index in [0.29, 0.717) is 17.3 Å². The number of benzene rings is 2. The minimum Gasteiger partial charge on any atom is -0.398 e. The van der Waals surface area contributed by atoms with Crippen LogP contribution in [0, 0.1) is 6.92 Å². The third-order valence-corrected chi connectivity index (χ3v) is 4.91. The van der Waals surface area contributed by atoms with E-state index in [0.717, 1.165) is 42.6 Å². The highest BCUT2D eigenvalue weighted by Gasteiger charge is 2.23. The van der Waals surface area contributed by atoms with E-state index < -0.39 is 0 Å². The maximum Gasteiger partial charge on any atom is 0.210 e. The highest BCUT2D eigenvalue weighted by atomic mass is 35.5. The standard InChI is InChI=1S/C19H19ClN2O.C4H10O/c1-13-2-4-14(5-3-13)19-10-15(8-9-22(19)12-23)17-11-16(20)6-7-18(17)21;1-3-4-5-2/h2-7,10-12,19H,8-9,21H2,1H3;3-4H2,1-2H3. The number of rotatable bonds is 5. The Morgan fingerprint density at radius 3 is 2.54 bits per heavy atom. The van der Waals surface area contributed by atoms with E-state index >= 15 is 0 Å². The summed E-state index contributed by atoms with van der Waals surface area (Å²) in [6.07, 6.45) is 4.92. The summed E-state index contributed by atoms with van der Waals surface area (Å²) in [7, 11) is 1.71. The van der Waals surface area contributed by atoms with Gasteiger partial charge in [0.15, 0.2) is 0 Å².